The zero-order valence-corrected chi connectivity index (χ0v) is 23.5. The lowest BCUT2D eigenvalue weighted by molar-refractivity contribution is 1.18. The first kappa shape index (κ1) is 24.0. The standard InChI is InChI=1S/C42H27N/c1-2-8-28(9-3-1)29-18-22-35(23-19-29)43-40-13-7-6-12-38(40)42-39-27-33(16-14-31(39)21-25-41(42)43)32-20-24-37-34(26-32)17-15-30-10-4-5-11-36(30)37/h1-27H. The Morgan fingerprint density at radius 2 is 0.884 bits per heavy atom. The van der Waals surface area contributed by atoms with Crippen molar-refractivity contribution in [1.29, 1.82) is 0 Å². The molecular weight excluding hydrogens is 518 g/mol. The second-order valence-electron chi connectivity index (χ2n) is 11.4. The molecule has 9 aromatic rings. The van der Waals surface area contributed by atoms with Crippen molar-refractivity contribution in [1.82, 2.24) is 4.57 Å². The molecule has 0 unspecified atom stereocenters. The van der Waals surface area contributed by atoms with Crippen molar-refractivity contribution in [3.63, 3.8) is 0 Å². The molecule has 200 valence electrons. The Kier molecular flexibility index (Phi) is 5.27. The second kappa shape index (κ2) is 9.44. The van der Waals surface area contributed by atoms with E-state index in [1.807, 2.05) is 0 Å². The third kappa shape index (κ3) is 3.79. The van der Waals surface area contributed by atoms with Crippen LogP contribution in [0.1, 0.15) is 0 Å². The van der Waals surface area contributed by atoms with Gasteiger partial charge in [-0.15, -0.1) is 0 Å². The Balaban J connectivity index is 1.23. The molecular formula is C42H27N. The Bertz CT molecular complexity index is 2480. The normalized spacial score (nSPS) is 11.7. The van der Waals surface area contributed by atoms with Crippen molar-refractivity contribution in [3.8, 4) is 27.9 Å². The van der Waals surface area contributed by atoms with Crippen LogP contribution in [0.3, 0.4) is 0 Å². The largest absolute Gasteiger partial charge is 0.309 e. The summed E-state index contributed by atoms with van der Waals surface area (Å²) in [6.07, 6.45) is 0. The summed E-state index contributed by atoms with van der Waals surface area (Å²) in [4.78, 5) is 0. The Morgan fingerprint density at radius 1 is 0.302 bits per heavy atom. The van der Waals surface area contributed by atoms with E-state index >= 15 is 0 Å². The van der Waals surface area contributed by atoms with Crippen LogP contribution in [0.2, 0.25) is 0 Å². The molecule has 0 aliphatic carbocycles. The molecule has 0 atom stereocenters. The first-order valence-electron chi connectivity index (χ1n) is 14.9. The third-order valence-electron chi connectivity index (χ3n) is 8.97. The van der Waals surface area contributed by atoms with Gasteiger partial charge in [-0.2, -0.15) is 0 Å². The molecule has 43 heavy (non-hydrogen) atoms. The number of aromatic nitrogens is 1. The van der Waals surface area contributed by atoms with Gasteiger partial charge in [0.1, 0.15) is 0 Å². The second-order valence-corrected chi connectivity index (χ2v) is 11.4. The highest BCUT2D eigenvalue weighted by molar-refractivity contribution is 6.22. The van der Waals surface area contributed by atoms with E-state index in [2.05, 4.69) is 168 Å². The van der Waals surface area contributed by atoms with Crippen LogP contribution in [0, 0.1) is 0 Å². The van der Waals surface area contributed by atoms with Gasteiger partial charge in [-0.25, -0.2) is 0 Å². The molecule has 1 heterocycles. The van der Waals surface area contributed by atoms with Crippen molar-refractivity contribution in [2.24, 2.45) is 0 Å². The zero-order valence-electron chi connectivity index (χ0n) is 23.5. The number of hydrogen-bond donors (Lipinski definition) is 0. The van der Waals surface area contributed by atoms with Crippen LogP contribution < -0.4 is 0 Å². The summed E-state index contributed by atoms with van der Waals surface area (Å²) < 4.78 is 2.41. The minimum absolute atomic E-state index is 1.17. The van der Waals surface area contributed by atoms with Crippen LogP contribution in [0.5, 0.6) is 0 Å². The maximum absolute atomic E-state index is 2.41. The van der Waals surface area contributed by atoms with Crippen molar-refractivity contribution in [3.05, 3.63) is 164 Å². The first-order chi connectivity index (χ1) is 21.3. The van der Waals surface area contributed by atoms with Gasteiger partial charge in [0.2, 0.25) is 0 Å². The van der Waals surface area contributed by atoms with Crippen molar-refractivity contribution >= 4 is 54.1 Å². The molecule has 0 radical (unpaired) electrons. The summed E-state index contributed by atoms with van der Waals surface area (Å²) in [5, 5.41) is 10.3. The molecule has 1 heteroatoms. The topological polar surface area (TPSA) is 4.93 Å². The zero-order chi connectivity index (χ0) is 28.3. The maximum atomic E-state index is 2.41. The molecule has 0 bridgehead atoms. The van der Waals surface area contributed by atoms with Gasteiger partial charge in [-0.3, -0.25) is 0 Å². The molecule has 1 nitrogen and oxygen atoms in total. The number of nitrogens with zero attached hydrogens (tertiary/aromatic N) is 1. The minimum Gasteiger partial charge on any atom is -0.309 e. The van der Waals surface area contributed by atoms with E-state index in [0.29, 0.717) is 0 Å². The Labute approximate surface area is 249 Å². The van der Waals surface area contributed by atoms with Crippen LogP contribution >= 0.6 is 0 Å². The summed E-state index contributed by atoms with van der Waals surface area (Å²) in [6.45, 7) is 0. The van der Waals surface area contributed by atoms with E-state index in [9.17, 15) is 0 Å². The maximum Gasteiger partial charge on any atom is 0.0547 e. The highest BCUT2D eigenvalue weighted by Gasteiger charge is 2.15. The molecule has 9 rings (SSSR count). The van der Waals surface area contributed by atoms with E-state index in [1.54, 1.807) is 0 Å². The van der Waals surface area contributed by atoms with Crippen LogP contribution in [0.4, 0.5) is 0 Å². The quantitative estimate of drug-likeness (QED) is 0.195. The number of rotatable bonds is 3. The lowest BCUT2D eigenvalue weighted by atomic mass is 9.95. The van der Waals surface area contributed by atoms with Gasteiger partial charge >= 0.3 is 0 Å². The van der Waals surface area contributed by atoms with Gasteiger partial charge in [-0.1, -0.05) is 127 Å². The molecule has 0 amide bonds. The van der Waals surface area contributed by atoms with Crippen molar-refractivity contribution < 1.29 is 0 Å². The van der Waals surface area contributed by atoms with E-state index < -0.39 is 0 Å². The molecule has 0 saturated carbocycles. The molecule has 0 fully saturated rings. The van der Waals surface area contributed by atoms with Gasteiger partial charge in [0.15, 0.2) is 0 Å². The number of hydrogen-bond acceptors (Lipinski definition) is 0. The van der Waals surface area contributed by atoms with Gasteiger partial charge < -0.3 is 4.57 Å². The third-order valence-corrected chi connectivity index (χ3v) is 8.97. The Morgan fingerprint density at radius 3 is 1.77 bits per heavy atom. The average molecular weight is 546 g/mol. The van der Waals surface area contributed by atoms with Crippen LogP contribution in [-0.4, -0.2) is 4.57 Å². The fourth-order valence-corrected chi connectivity index (χ4v) is 6.87. The fourth-order valence-electron chi connectivity index (χ4n) is 6.87. The molecule has 0 N–H and O–H groups in total. The fraction of sp³-hybridized carbons (Fsp3) is 0. The van der Waals surface area contributed by atoms with Gasteiger partial charge in [0, 0.05) is 16.5 Å². The average Bonchev–Trinajstić information content (AvgIpc) is 3.43. The summed E-state index contributed by atoms with van der Waals surface area (Å²) in [7, 11) is 0. The summed E-state index contributed by atoms with van der Waals surface area (Å²) in [6, 6.07) is 59.8. The van der Waals surface area contributed by atoms with E-state index in [1.165, 1.54) is 82.1 Å². The molecule has 8 aromatic carbocycles. The lowest BCUT2D eigenvalue weighted by Crippen LogP contribution is -1.93. The number of benzene rings is 8. The van der Waals surface area contributed by atoms with Crippen LogP contribution in [0.25, 0.3) is 82.1 Å². The lowest BCUT2D eigenvalue weighted by Gasteiger charge is -2.11. The SMILES string of the molecule is c1ccc(-c2ccc(-n3c4ccccc4c4c5cc(-c6ccc7c(ccc8ccccc87)c6)ccc5ccc43)cc2)cc1. The Hall–Kier alpha value is -5.66. The first-order valence-corrected chi connectivity index (χ1v) is 14.9. The van der Waals surface area contributed by atoms with Gasteiger partial charge in [0.05, 0.1) is 11.0 Å². The molecule has 1 aromatic heterocycles. The van der Waals surface area contributed by atoms with Crippen molar-refractivity contribution in [2.75, 3.05) is 0 Å². The summed E-state index contributed by atoms with van der Waals surface area (Å²) in [5.74, 6) is 0. The highest BCUT2D eigenvalue weighted by Crippen LogP contribution is 2.39. The van der Waals surface area contributed by atoms with E-state index in [-0.39, 0.29) is 0 Å². The van der Waals surface area contributed by atoms with E-state index in [4.69, 9.17) is 0 Å². The molecule has 0 aliphatic heterocycles. The summed E-state index contributed by atoms with van der Waals surface area (Å²) in [5.41, 5.74) is 8.55. The number of para-hydroxylation sites is 1. The monoisotopic (exact) mass is 545 g/mol. The van der Waals surface area contributed by atoms with Crippen LogP contribution in [0.15, 0.2) is 164 Å². The molecule has 0 spiro atoms. The summed E-state index contributed by atoms with van der Waals surface area (Å²) >= 11 is 0. The highest BCUT2D eigenvalue weighted by atomic mass is 15.0. The van der Waals surface area contributed by atoms with Crippen molar-refractivity contribution in [2.45, 2.75) is 0 Å². The van der Waals surface area contributed by atoms with E-state index in [0.717, 1.165) is 0 Å². The van der Waals surface area contributed by atoms with Crippen LogP contribution in [-0.2, 0) is 0 Å². The minimum atomic E-state index is 1.17. The van der Waals surface area contributed by atoms with Gasteiger partial charge in [-0.05, 0) is 91.0 Å². The predicted molar refractivity (Wildman–Crippen MR) is 184 cm³/mol. The molecule has 0 saturated heterocycles. The number of fused-ring (bicyclic) bond motifs is 8. The van der Waals surface area contributed by atoms with Gasteiger partial charge in [0.25, 0.3) is 0 Å². The smallest absolute Gasteiger partial charge is 0.0547 e. The molecule has 0 aliphatic rings. The predicted octanol–water partition coefficient (Wildman–Crippen LogP) is 11.6.